The van der Waals surface area contributed by atoms with Gasteiger partial charge in [0, 0.05) is 34.8 Å². The average Bonchev–Trinajstić information content (AvgIpc) is 3.22. The molecule has 0 spiro atoms. The number of alkyl halides is 3. The fourth-order valence-electron chi connectivity index (χ4n) is 3.09. The number of halogens is 4. The number of benzene rings is 2. The molecular weight excluding hydrogens is 457 g/mol. The Morgan fingerprint density at radius 1 is 1.27 bits per heavy atom. The van der Waals surface area contributed by atoms with Crippen molar-refractivity contribution in [1.29, 1.82) is 5.26 Å². The van der Waals surface area contributed by atoms with E-state index in [2.05, 4.69) is 15.5 Å². The zero-order valence-corrected chi connectivity index (χ0v) is 18.0. The first-order valence-electron chi connectivity index (χ1n) is 9.66. The van der Waals surface area contributed by atoms with E-state index < -0.39 is 23.8 Å². The third-order valence-corrected chi connectivity index (χ3v) is 4.85. The molecule has 0 radical (unpaired) electrons. The van der Waals surface area contributed by atoms with Crippen molar-refractivity contribution in [2.24, 2.45) is 10.2 Å². The van der Waals surface area contributed by atoms with Crippen LogP contribution in [0.3, 0.4) is 0 Å². The van der Waals surface area contributed by atoms with Crippen LogP contribution in [0.2, 0.25) is 5.02 Å². The molecule has 0 fully saturated rings. The highest BCUT2D eigenvalue weighted by Gasteiger charge is 2.35. The lowest BCUT2D eigenvalue weighted by Gasteiger charge is -2.23. The number of rotatable bonds is 5. The summed E-state index contributed by atoms with van der Waals surface area (Å²) in [6.07, 6.45) is -0.223. The lowest BCUT2D eigenvalue weighted by molar-refractivity contribution is -0.137. The van der Waals surface area contributed by atoms with Gasteiger partial charge in [-0.25, -0.2) is 9.80 Å². The number of hydrogen-bond acceptors (Lipinski definition) is 5. The van der Waals surface area contributed by atoms with Crippen molar-refractivity contribution in [3.63, 3.8) is 0 Å². The van der Waals surface area contributed by atoms with Gasteiger partial charge in [0.2, 0.25) is 0 Å². The number of allylic oxidation sites excluding steroid dienone is 1. The van der Waals surface area contributed by atoms with Crippen molar-refractivity contribution in [3.05, 3.63) is 77.0 Å². The van der Waals surface area contributed by atoms with Crippen LogP contribution in [0.1, 0.15) is 18.1 Å². The van der Waals surface area contributed by atoms with E-state index in [4.69, 9.17) is 16.9 Å². The van der Waals surface area contributed by atoms with Crippen LogP contribution in [-0.2, 0) is 6.18 Å². The minimum absolute atomic E-state index is 0.0809. The molecule has 3 rings (SSSR count). The molecule has 0 bridgehead atoms. The van der Waals surface area contributed by atoms with E-state index in [0.29, 0.717) is 16.3 Å². The largest absolute Gasteiger partial charge is 0.416 e. The SMILES string of the molecule is C/C=N\N(/C=C/C#N)C1CN(C(=O)Nc2ccc(C(F)(F)F)cc2)N=C1c1ccc(Cl)cc1. The highest BCUT2D eigenvalue weighted by Crippen LogP contribution is 2.30. The van der Waals surface area contributed by atoms with Gasteiger partial charge < -0.3 is 5.32 Å². The Hall–Kier alpha value is -3.84. The summed E-state index contributed by atoms with van der Waals surface area (Å²) in [5.74, 6) is 0. The molecule has 1 aliphatic rings. The molecule has 1 heterocycles. The van der Waals surface area contributed by atoms with E-state index in [0.717, 1.165) is 17.1 Å². The lowest BCUT2D eigenvalue weighted by Crippen LogP contribution is -2.39. The summed E-state index contributed by atoms with van der Waals surface area (Å²) in [5.41, 5.74) is 0.563. The topological polar surface area (TPSA) is 84.1 Å². The summed E-state index contributed by atoms with van der Waals surface area (Å²) < 4.78 is 38.3. The van der Waals surface area contributed by atoms with Gasteiger partial charge in [-0.15, -0.1) is 0 Å². The van der Waals surface area contributed by atoms with Gasteiger partial charge in [-0.05, 0) is 43.3 Å². The Morgan fingerprint density at radius 2 is 1.94 bits per heavy atom. The first kappa shape index (κ1) is 23.8. The number of urea groups is 1. The van der Waals surface area contributed by atoms with E-state index in [1.54, 1.807) is 31.2 Å². The Labute approximate surface area is 193 Å². The van der Waals surface area contributed by atoms with Gasteiger partial charge >= 0.3 is 12.2 Å². The Kier molecular flexibility index (Phi) is 7.35. The number of nitrogens with zero attached hydrogens (tertiary/aromatic N) is 5. The smallest absolute Gasteiger partial charge is 0.306 e. The van der Waals surface area contributed by atoms with Crippen molar-refractivity contribution < 1.29 is 18.0 Å². The Bertz CT molecular complexity index is 1120. The zero-order chi connectivity index (χ0) is 24.0. The highest BCUT2D eigenvalue weighted by atomic mass is 35.5. The quantitative estimate of drug-likeness (QED) is 0.361. The van der Waals surface area contributed by atoms with Crippen LogP contribution in [0, 0.1) is 11.3 Å². The molecule has 1 atom stereocenters. The minimum atomic E-state index is -4.47. The first-order valence-corrected chi connectivity index (χ1v) is 10.0. The molecule has 0 saturated heterocycles. The standard InChI is InChI=1S/C22H18ClF3N6O/c1-2-28-31(13-3-12-27)19-14-32(30-20(19)15-4-8-17(23)9-5-15)21(33)29-18-10-6-16(7-11-18)22(24,25)26/h2-11,13,19H,14H2,1H3,(H,29,33)/b13-3+,28-2-. The van der Waals surface area contributed by atoms with Crippen LogP contribution in [0.25, 0.3) is 0 Å². The molecule has 1 aliphatic heterocycles. The van der Waals surface area contributed by atoms with Crippen LogP contribution < -0.4 is 5.32 Å². The number of nitrogens with one attached hydrogen (secondary N) is 1. The van der Waals surface area contributed by atoms with Crippen molar-refractivity contribution in [1.82, 2.24) is 10.0 Å². The fourth-order valence-corrected chi connectivity index (χ4v) is 3.22. The predicted molar refractivity (Wildman–Crippen MR) is 120 cm³/mol. The summed E-state index contributed by atoms with van der Waals surface area (Å²) >= 11 is 5.98. The van der Waals surface area contributed by atoms with Crippen LogP contribution in [0.5, 0.6) is 0 Å². The first-order chi connectivity index (χ1) is 15.7. The third kappa shape index (κ3) is 5.90. The van der Waals surface area contributed by atoms with Crippen LogP contribution in [0.15, 0.2) is 71.0 Å². The van der Waals surface area contributed by atoms with Gasteiger partial charge in [0.1, 0.15) is 6.04 Å². The third-order valence-electron chi connectivity index (χ3n) is 4.60. The van der Waals surface area contributed by atoms with Crippen LogP contribution in [0.4, 0.5) is 23.7 Å². The molecular formula is C22H18ClF3N6O. The van der Waals surface area contributed by atoms with E-state index >= 15 is 0 Å². The van der Waals surface area contributed by atoms with Crippen molar-refractivity contribution in [2.75, 3.05) is 11.9 Å². The summed E-state index contributed by atoms with van der Waals surface area (Å²) in [6.45, 7) is 1.79. The second kappa shape index (κ2) is 10.2. The number of nitriles is 1. The molecule has 2 amide bonds. The van der Waals surface area contributed by atoms with Gasteiger partial charge in [-0.1, -0.05) is 23.7 Å². The highest BCUT2D eigenvalue weighted by molar-refractivity contribution is 6.30. The average molecular weight is 475 g/mol. The van der Waals surface area contributed by atoms with Gasteiger partial charge in [0.05, 0.1) is 23.9 Å². The second-order valence-corrected chi connectivity index (χ2v) is 7.23. The molecule has 11 heteroatoms. The summed E-state index contributed by atoms with van der Waals surface area (Å²) in [7, 11) is 0. The monoisotopic (exact) mass is 474 g/mol. The van der Waals surface area contributed by atoms with E-state index in [1.165, 1.54) is 35.6 Å². The number of carbonyl (C=O) groups is 1. The van der Waals surface area contributed by atoms with Crippen LogP contribution in [-0.4, -0.2) is 40.6 Å². The number of hydrogen-bond donors (Lipinski definition) is 1. The summed E-state index contributed by atoms with van der Waals surface area (Å²) in [5, 5.41) is 23.3. The van der Waals surface area contributed by atoms with Gasteiger partial charge in [0.15, 0.2) is 0 Å². The predicted octanol–water partition coefficient (Wildman–Crippen LogP) is 5.32. The van der Waals surface area contributed by atoms with Crippen molar-refractivity contribution in [3.8, 4) is 6.07 Å². The molecule has 33 heavy (non-hydrogen) atoms. The molecule has 0 aliphatic carbocycles. The molecule has 7 nitrogen and oxygen atoms in total. The molecule has 1 unspecified atom stereocenters. The maximum atomic E-state index is 12.8. The van der Waals surface area contributed by atoms with Gasteiger partial charge in [0.25, 0.3) is 0 Å². The normalized spacial score (nSPS) is 16.2. The summed E-state index contributed by atoms with van der Waals surface area (Å²) in [4.78, 5) is 12.8. The Morgan fingerprint density at radius 3 is 2.52 bits per heavy atom. The summed E-state index contributed by atoms with van der Waals surface area (Å²) in [6, 6.07) is 11.7. The van der Waals surface area contributed by atoms with Crippen LogP contribution >= 0.6 is 11.6 Å². The second-order valence-electron chi connectivity index (χ2n) is 6.79. The maximum absolute atomic E-state index is 12.8. The fraction of sp³-hybridized carbons (Fsp3) is 0.182. The van der Waals surface area contributed by atoms with Gasteiger partial charge in [-0.2, -0.15) is 28.6 Å². The van der Waals surface area contributed by atoms with Crippen molar-refractivity contribution >= 4 is 35.2 Å². The van der Waals surface area contributed by atoms with Crippen molar-refractivity contribution in [2.45, 2.75) is 19.1 Å². The van der Waals surface area contributed by atoms with E-state index in [1.807, 2.05) is 6.07 Å². The molecule has 2 aromatic carbocycles. The Balaban J connectivity index is 1.87. The zero-order valence-electron chi connectivity index (χ0n) is 17.3. The number of hydrazone groups is 2. The maximum Gasteiger partial charge on any atom is 0.416 e. The number of amides is 2. The molecule has 0 saturated carbocycles. The number of carbonyl (C=O) groups excluding carboxylic acids is 1. The number of anilines is 1. The minimum Gasteiger partial charge on any atom is -0.306 e. The molecule has 1 N–H and O–H groups in total. The molecule has 170 valence electrons. The van der Waals surface area contributed by atoms with Gasteiger partial charge in [-0.3, -0.25) is 5.01 Å². The van der Waals surface area contributed by atoms with E-state index in [9.17, 15) is 18.0 Å². The lowest BCUT2D eigenvalue weighted by atomic mass is 10.0. The molecule has 0 aromatic heterocycles. The van der Waals surface area contributed by atoms with E-state index in [-0.39, 0.29) is 12.2 Å². The molecule has 2 aromatic rings.